The van der Waals surface area contributed by atoms with Gasteiger partial charge in [0.05, 0.1) is 19.8 Å². The number of benzene rings is 1. The van der Waals surface area contributed by atoms with Crippen molar-refractivity contribution in [2.24, 2.45) is 7.05 Å². The van der Waals surface area contributed by atoms with E-state index in [1.807, 2.05) is 18.5 Å². The summed E-state index contributed by atoms with van der Waals surface area (Å²) in [5, 5.41) is 2.18. The summed E-state index contributed by atoms with van der Waals surface area (Å²) >= 11 is 0. The minimum atomic E-state index is 0.208. The molecule has 0 unspecified atom stereocenters. The lowest BCUT2D eigenvalue weighted by atomic mass is 10.1. The molecule has 0 amide bonds. The van der Waals surface area contributed by atoms with E-state index in [4.69, 9.17) is 19.7 Å². The molecule has 3 aromatic heterocycles. The molecule has 9 heteroatoms. The Morgan fingerprint density at radius 2 is 1.65 bits per heavy atom. The smallest absolute Gasteiger partial charge is 0.166 e. The predicted molar refractivity (Wildman–Crippen MR) is 147 cm³/mol. The minimum absolute atomic E-state index is 0.208. The highest BCUT2D eigenvalue weighted by Gasteiger charge is 2.28. The molecule has 0 N–H and O–H groups in total. The Balaban J connectivity index is 1.40. The van der Waals surface area contributed by atoms with Crippen molar-refractivity contribution in [3.05, 3.63) is 42.5 Å². The quantitative estimate of drug-likeness (QED) is 0.423. The lowest BCUT2D eigenvalue weighted by Gasteiger charge is -2.42. The molecule has 5 heterocycles. The molecule has 0 radical (unpaired) electrons. The van der Waals surface area contributed by atoms with Crippen LogP contribution in [-0.2, 0) is 18.3 Å². The van der Waals surface area contributed by atoms with Gasteiger partial charge in [-0.15, -0.1) is 0 Å². The van der Waals surface area contributed by atoms with E-state index in [-0.39, 0.29) is 5.54 Å². The molecule has 2 aliphatic rings. The molecule has 9 nitrogen and oxygen atoms in total. The van der Waals surface area contributed by atoms with Gasteiger partial charge in [-0.25, -0.2) is 15.0 Å². The van der Waals surface area contributed by atoms with Crippen LogP contribution in [0.25, 0.3) is 33.3 Å². The Labute approximate surface area is 218 Å². The molecule has 0 bridgehead atoms. The van der Waals surface area contributed by atoms with Crippen LogP contribution in [0.4, 0.5) is 5.82 Å². The maximum Gasteiger partial charge on any atom is 0.166 e. The molecule has 1 aromatic carbocycles. The fourth-order valence-corrected chi connectivity index (χ4v) is 5.42. The first-order valence-corrected chi connectivity index (χ1v) is 13.2. The van der Waals surface area contributed by atoms with E-state index in [9.17, 15) is 0 Å². The second-order valence-electron chi connectivity index (χ2n) is 11.1. The maximum absolute atomic E-state index is 5.64. The van der Waals surface area contributed by atoms with Gasteiger partial charge in [-0.05, 0) is 26.2 Å². The van der Waals surface area contributed by atoms with E-state index in [0.29, 0.717) is 19.0 Å². The van der Waals surface area contributed by atoms with Crippen molar-refractivity contribution >= 4 is 27.8 Å². The second kappa shape index (κ2) is 9.63. The Morgan fingerprint density at radius 1 is 0.892 bits per heavy atom. The summed E-state index contributed by atoms with van der Waals surface area (Å²) in [7, 11) is 2.08. The van der Waals surface area contributed by atoms with Crippen LogP contribution >= 0.6 is 0 Å². The molecule has 0 aliphatic carbocycles. The third-order valence-corrected chi connectivity index (χ3v) is 7.70. The zero-order valence-electron chi connectivity index (χ0n) is 22.3. The number of morpholine rings is 1. The summed E-state index contributed by atoms with van der Waals surface area (Å²) in [6, 6.07) is 8.27. The van der Waals surface area contributed by atoms with E-state index in [0.717, 1.165) is 85.0 Å². The number of nitrogens with zero attached hydrogens (tertiary/aromatic N) is 8. The van der Waals surface area contributed by atoms with Crippen molar-refractivity contribution in [1.82, 2.24) is 34.3 Å². The van der Waals surface area contributed by atoms with Crippen LogP contribution in [-0.4, -0.2) is 92.3 Å². The average molecular weight is 501 g/mol. The second-order valence-corrected chi connectivity index (χ2v) is 11.1. The zero-order chi connectivity index (χ0) is 25.6. The Kier molecular flexibility index (Phi) is 6.30. The Morgan fingerprint density at radius 3 is 2.41 bits per heavy atom. The van der Waals surface area contributed by atoms with Crippen LogP contribution in [0.5, 0.6) is 0 Å². The minimum Gasteiger partial charge on any atom is -0.378 e. The summed E-state index contributed by atoms with van der Waals surface area (Å²) in [6.45, 7) is 14.9. The highest BCUT2D eigenvalue weighted by atomic mass is 16.5. The lowest BCUT2D eigenvalue weighted by Crippen LogP contribution is -2.53. The van der Waals surface area contributed by atoms with Gasteiger partial charge in [0.2, 0.25) is 0 Å². The number of imidazole rings is 1. The molecule has 2 aliphatic heterocycles. The fourth-order valence-electron chi connectivity index (χ4n) is 5.42. The molecule has 0 saturated carbocycles. The van der Waals surface area contributed by atoms with Crippen molar-refractivity contribution in [1.29, 1.82) is 0 Å². The number of rotatable bonds is 4. The molecular formula is C28H36N8O. The Bertz CT molecular complexity index is 1410. The summed E-state index contributed by atoms with van der Waals surface area (Å²) in [4.78, 5) is 27.2. The molecule has 37 heavy (non-hydrogen) atoms. The first kappa shape index (κ1) is 24.2. The van der Waals surface area contributed by atoms with Crippen LogP contribution < -0.4 is 4.90 Å². The van der Waals surface area contributed by atoms with E-state index in [1.165, 1.54) is 0 Å². The number of fused-ring (bicyclic) bond motifs is 2. The van der Waals surface area contributed by atoms with E-state index < -0.39 is 0 Å². The molecule has 6 rings (SSSR count). The topological polar surface area (TPSA) is 75.4 Å². The summed E-state index contributed by atoms with van der Waals surface area (Å²) < 4.78 is 7.79. The largest absolute Gasteiger partial charge is 0.378 e. The SMILES string of the molecule is Cn1c(CN2CCN(C(C)(C)C)CC2)nc2c(N3CCOCC3)nc(-c3cncc4ccccc34)nc21. The molecule has 2 saturated heterocycles. The summed E-state index contributed by atoms with van der Waals surface area (Å²) in [6.07, 6.45) is 3.76. The van der Waals surface area contributed by atoms with Gasteiger partial charge in [0, 0.05) is 75.2 Å². The van der Waals surface area contributed by atoms with Gasteiger partial charge >= 0.3 is 0 Å². The third-order valence-electron chi connectivity index (χ3n) is 7.70. The Hall–Kier alpha value is -3.14. The molecule has 4 aromatic rings. The molecule has 0 atom stereocenters. The first-order valence-electron chi connectivity index (χ1n) is 13.2. The average Bonchev–Trinajstić information content (AvgIpc) is 3.23. The number of pyridine rings is 1. The van der Waals surface area contributed by atoms with Crippen LogP contribution in [0, 0.1) is 0 Å². The van der Waals surface area contributed by atoms with Crippen LogP contribution in [0.15, 0.2) is 36.7 Å². The van der Waals surface area contributed by atoms with E-state index in [2.05, 4.69) is 70.3 Å². The van der Waals surface area contributed by atoms with Crippen molar-refractivity contribution in [3.8, 4) is 11.4 Å². The normalized spacial score (nSPS) is 18.2. The van der Waals surface area contributed by atoms with Crippen LogP contribution in [0.3, 0.4) is 0 Å². The number of hydrogen-bond donors (Lipinski definition) is 0. The maximum atomic E-state index is 5.64. The summed E-state index contributed by atoms with van der Waals surface area (Å²) in [5.74, 6) is 2.60. The molecular weight excluding hydrogens is 464 g/mol. The third kappa shape index (κ3) is 4.67. The highest BCUT2D eigenvalue weighted by Crippen LogP contribution is 2.31. The van der Waals surface area contributed by atoms with Gasteiger partial charge in [-0.1, -0.05) is 24.3 Å². The number of hydrogen-bond acceptors (Lipinski definition) is 8. The van der Waals surface area contributed by atoms with Crippen molar-refractivity contribution in [2.45, 2.75) is 32.9 Å². The molecule has 194 valence electrons. The first-order chi connectivity index (χ1) is 17.9. The fraction of sp³-hybridized carbons (Fsp3) is 0.500. The standard InChI is InChI=1S/C28H36N8O/c1-28(2,3)36-11-9-34(10-12-36)19-23-30-24-26(33(23)4)31-25(32-27(24)35-13-15-37-16-14-35)22-18-29-17-20-7-5-6-8-21(20)22/h5-8,17-18H,9-16,19H2,1-4H3. The van der Waals surface area contributed by atoms with E-state index >= 15 is 0 Å². The van der Waals surface area contributed by atoms with Gasteiger partial charge in [0.15, 0.2) is 22.8 Å². The number of aromatic nitrogens is 5. The van der Waals surface area contributed by atoms with Gasteiger partial charge < -0.3 is 14.2 Å². The van der Waals surface area contributed by atoms with E-state index in [1.54, 1.807) is 0 Å². The molecule has 0 spiro atoms. The number of aryl methyl sites for hydroxylation is 1. The number of anilines is 1. The lowest BCUT2D eigenvalue weighted by molar-refractivity contribution is 0.0577. The highest BCUT2D eigenvalue weighted by molar-refractivity contribution is 5.96. The van der Waals surface area contributed by atoms with Crippen molar-refractivity contribution < 1.29 is 4.74 Å². The zero-order valence-corrected chi connectivity index (χ0v) is 22.3. The molecule has 2 fully saturated rings. The van der Waals surface area contributed by atoms with Crippen LogP contribution in [0.2, 0.25) is 0 Å². The monoisotopic (exact) mass is 500 g/mol. The van der Waals surface area contributed by atoms with Crippen LogP contribution in [0.1, 0.15) is 26.6 Å². The number of piperazine rings is 1. The van der Waals surface area contributed by atoms with Gasteiger partial charge in [-0.2, -0.15) is 0 Å². The van der Waals surface area contributed by atoms with Crippen molar-refractivity contribution in [2.75, 3.05) is 57.4 Å². The van der Waals surface area contributed by atoms with Crippen molar-refractivity contribution in [3.63, 3.8) is 0 Å². The van der Waals surface area contributed by atoms with Gasteiger partial charge in [0.25, 0.3) is 0 Å². The van der Waals surface area contributed by atoms with Gasteiger partial charge in [0.1, 0.15) is 5.82 Å². The van der Waals surface area contributed by atoms with Gasteiger partial charge in [-0.3, -0.25) is 14.8 Å². The predicted octanol–water partition coefficient (Wildman–Crippen LogP) is 3.33. The number of ether oxygens (including phenoxy) is 1. The summed E-state index contributed by atoms with van der Waals surface area (Å²) in [5.41, 5.74) is 2.88.